The highest BCUT2D eigenvalue weighted by atomic mass is 79.9. The lowest BCUT2D eigenvalue weighted by Crippen LogP contribution is -2.13. The van der Waals surface area contributed by atoms with Crippen LogP contribution in [0.4, 0.5) is 24.5 Å². The summed E-state index contributed by atoms with van der Waals surface area (Å²) >= 11 is 2.56. The number of sulfonamides is 1. The van der Waals surface area contributed by atoms with E-state index in [4.69, 9.17) is 0 Å². The predicted octanol–water partition coefficient (Wildman–Crippen LogP) is 2.75. The molecule has 11 heteroatoms. The summed E-state index contributed by atoms with van der Waals surface area (Å²) in [6, 6.07) is 0.958. The van der Waals surface area contributed by atoms with Crippen molar-refractivity contribution in [3.8, 4) is 0 Å². The van der Waals surface area contributed by atoms with Gasteiger partial charge in [0.25, 0.3) is 5.69 Å². The molecule has 0 saturated carbocycles. The third-order valence-corrected chi connectivity index (χ3v) is 3.13. The lowest BCUT2D eigenvalue weighted by molar-refractivity contribution is -0.384. The van der Waals surface area contributed by atoms with Gasteiger partial charge in [-0.2, -0.15) is 13.2 Å². The smallest absolute Gasteiger partial charge is 0.277 e. The van der Waals surface area contributed by atoms with Crippen molar-refractivity contribution < 1.29 is 26.5 Å². The first kappa shape index (κ1) is 15.7. The second-order valence-corrected chi connectivity index (χ2v) is 6.08. The molecule has 1 aromatic carbocycles. The molecule has 0 aliphatic heterocycles. The molecule has 1 rings (SSSR count). The Bertz CT molecular complexity index is 630. The number of nitro groups is 1. The lowest BCUT2D eigenvalue weighted by atomic mass is 10.1. The summed E-state index contributed by atoms with van der Waals surface area (Å²) < 4.78 is 61.0. The van der Waals surface area contributed by atoms with Crippen molar-refractivity contribution in [1.82, 2.24) is 0 Å². The molecule has 0 amide bonds. The van der Waals surface area contributed by atoms with E-state index in [0.29, 0.717) is 18.4 Å². The van der Waals surface area contributed by atoms with E-state index in [1.165, 1.54) is 0 Å². The average Bonchev–Trinajstić information content (AvgIpc) is 2.15. The summed E-state index contributed by atoms with van der Waals surface area (Å²) in [4.78, 5) is 9.70. The van der Waals surface area contributed by atoms with Gasteiger partial charge in [-0.05, 0) is 22.0 Å². The molecule has 6 nitrogen and oxygen atoms in total. The molecule has 0 fully saturated rings. The first-order chi connectivity index (χ1) is 8.42. The molecule has 0 bridgehead atoms. The van der Waals surface area contributed by atoms with Crippen LogP contribution >= 0.6 is 15.9 Å². The minimum Gasteiger partial charge on any atom is -0.277 e. The maximum atomic E-state index is 12.6. The molecule has 0 radical (unpaired) electrons. The molecular weight excluding hydrogens is 357 g/mol. The Kier molecular flexibility index (Phi) is 4.10. The molecule has 1 aromatic rings. The molecule has 0 unspecified atom stereocenters. The number of alkyl halides is 3. The molecule has 0 heterocycles. The van der Waals surface area contributed by atoms with Crippen LogP contribution in [0.15, 0.2) is 16.6 Å². The van der Waals surface area contributed by atoms with Gasteiger partial charge in [0.1, 0.15) is 5.69 Å². The second-order valence-electron chi connectivity index (χ2n) is 3.48. The van der Waals surface area contributed by atoms with Crippen molar-refractivity contribution in [2.75, 3.05) is 11.0 Å². The Morgan fingerprint density at radius 3 is 2.26 bits per heavy atom. The number of hydrogen-bond donors (Lipinski definition) is 1. The minimum absolute atomic E-state index is 0.364. The third kappa shape index (κ3) is 4.06. The predicted molar refractivity (Wildman–Crippen MR) is 64.3 cm³/mol. The van der Waals surface area contributed by atoms with E-state index in [0.717, 1.165) is 0 Å². The fourth-order valence-corrected chi connectivity index (χ4v) is 2.33. The normalized spacial score (nSPS) is 12.3. The molecule has 106 valence electrons. The average molecular weight is 363 g/mol. The Balaban J connectivity index is 3.53. The second kappa shape index (κ2) is 4.96. The monoisotopic (exact) mass is 362 g/mol. The van der Waals surface area contributed by atoms with Gasteiger partial charge in [0.05, 0.1) is 16.7 Å². The fourth-order valence-electron chi connectivity index (χ4n) is 1.21. The molecule has 0 spiro atoms. The quantitative estimate of drug-likeness (QED) is 0.661. The van der Waals surface area contributed by atoms with Crippen LogP contribution in [0.25, 0.3) is 0 Å². The first-order valence-electron chi connectivity index (χ1n) is 4.45. The van der Waals surface area contributed by atoms with Crippen LogP contribution in [0.2, 0.25) is 0 Å². The molecule has 0 aliphatic rings. The van der Waals surface area contributed by atoms with Gasteiger partial charge < -0.3 is 0 Å². The number of nitrogens with zero attached hydrogens (tertiary/aromatic N) is 1. The third-order valence-electron chi connectivity index (χ3n) is 1.88. The summed E-state index contributed by atoms with van der Waals surface area (Å²) in [5.74, 6) is 0. The Morgan fingerprint density at radius 2 is 1.89 bits per heavy atom. The molecule has 0 atom stereocenters. The number of hydrogen-bond acceptors (Lipinski definition) is 4. The Labute approximate surface area is 113 Å². The minimum atomic E-state index is -4.78. The highest BCUT2D eigenvalue weighted by Crippen LogP contribution is 2.40. The topological polar surface area (TPSA) is 89.3 Å². The van der Waals surface area contributed by atoms with Crippen LogP contribution in [0.5, 0.6) is 0 Å². The first-order valence-corrected chi connectivity index (χ1v) is 7.13. The van der Waals surface area contributed by atoms with Gasteiger partial charge in [-0.1, -0.05) is 0 Å². The van der Waals surface area contributed by atoms with Crippen molar-refractivity contribution in [1.29, 1.82) is 0 Å². The van der Waals surface area contributed by atoms with E-state index in [1.54, 1.807) is 4.72 Å². The van der Waals surface area contributed by atoms with Gasteiger partial charge in [-0.3, -0.25) is 14.8 Å². The SMILES string of the molecule is CS(=O)(=O)Nc1cc(C(F)(F)F)c(Br)cc1[N+](=O)[O-]. The van der Waals surface area contributed by atoms with Crippen LogP contribution < -0.4 is 4.72 Å². The van der Waals surface area contributed by atoms with E-state index in [-0.39, 0.29) is 0 Å². The molecular formula is C8H6BrF3N2O4S. The zero-order valence-electron chi connectivity index (χ0n) is 9.16. The molecule has 0 saturated heterocycles. The van der Waals surface area contributed by atoms with Crippen molar-refractivity contribution in [3.63, 3.8) is 0 Å². The van der Waals surface area contributed by atoms with Crippen molar-refractivity contribution in [2.45, 2.75) is 6.18 Å². The van der Waals surface area contributed by atoms with Crippen molar-refractivity contribution in [2.24, 2.45) is 0 Å². The summed E-state index contributed by atoms with van der Waals surface area (Å²) in [7, 11) is -3.95. The molecule has 19 heavy (non-hydrogen) atoms. The van der Waals surface area contributed by atoms with Crippen LogP contribution in [0.3, 0.4) is 0 Å². The molecule has 1 N–H and O–H groups in total. The lowest BCUT2D eigenvalue weighted by Gasteiger charge is -2.12. The summed E-state index contributed by atoms with van der Waals surface area (Å²) in [6.07, 6.45) is -4.10. The van der Waals surface area contributed by atoms with E-state index in [9.17, 15) is 31.7 Å². The summed E-state index contributed by atoms with van der Waals surface area (Å²) in [6.45, 7) is 0. The van der Waals surface area contributed by atoms with E-state index in [1.807, 2.05) is 0 Å². The van der Waals surface area contributed by atoms with E-state index >= 15 is 0 Å². The van der Waals surface area contributed by atoms with Crippen molar-refractivity contribution in [3.05, 3.63) is 32.3 Å². The van der Waals surface area contributed by atoms with Gasteiger partial charge in [0.15, 0.2) is 0 Å². The standard InChI is InChI=1S/C8H6BrF3N2O4S/c1-19(17,18)13-6-2-4(8(10,11)12)5(9)3-7(6)14(15)16/h2-3,13H,1H3. The number of nitro benzene ring substituents is 1. The maximum absolute atomic E-state index is 12.6. The fraction of sp³-hybridized carbons (Fsp3) is 0.250. The molecule has 0 aromatic heterocycles. The zero-order chi connectivity index (χ0) is 15.0. The highest BCUT2D eigenvalue weighted by Gasteiger charge is 2.35. The number of benzene rings is 1. The summed E-state index contributed by atoms with van der Waals surface area (Å²) in [5.41, 5.74) is -2.75. The van der Waals surface area contributed by atoms with Gasteiger partial charge in [0.2, 0.25) is 10.0 Å². The van der Waals surface area contributed by atoms with Gasteiger partial charge in [-0.25, -0.2) is 8.42 Å². The number of anilines is 1. The number of nitrogens with one attached hydrogen (secondary N) is 1. The van der Waals surface area contributed by atoms with Crippen LogP contribution in [0, 0.1) is 10.1 Å². The van der Waals surface area contributed by atoms with Crippen LogP contribution in [-0.4, -0.2) is 19.6 Å². The summed E-state index contributed by atoms with van der Waals surface area (Å²) in [5, 5.41) is 10.7. The maximum Gasteiger partial charge on any atom is 0.417 e. The van der Waals surface area contributed by atoms with E-state index in [2.05, 4.69) is 15.9 Å². The highest BCUT2D eigenvalue weighted by molar-refractivity contribution is 9.10. The largest absolute Gasteiger partial charge is 0.417 e. The number of rotatable bonds is 3. The van der Waals surface area contributed by atoms with Gasteiger partial charge >= 0.3 is 6.18 Å². The van der Waals surface area contributed by atoms with Crippen molar-refractivity contribution >= 4 is 37.3 Å². The number of halogens is 4. The molecule has 0 aliphatic carbocycles. The van der Waals surface area contributed by atoms with Crippen LogP contribution in [-0.2, 0) is 16.2 Å². The Morgan fingerprint density at radius 1 is 1.37 bits per heavy atom. The zero-order valence-corrected chi connectivity index (χ0v) is 11.6. The Hall–Kier alpha value is -1.36. The van der Waals surface area contributed by atoms with Gasteiger partial charge in [0, 0.05) is 10.5 Å². The van der Waals surface area contributed by atoms with E-state index < -0.39 is 42.5 Å². The van der Waals surface area contributed by atoms with Crippen LogP contribution in [0.1, 0.15) is 5.56 Å². The van der Waals surface area contributed by atoms with Gasteiger partial charge in [-0.15, -0.1) is 0 Å².